The number of rotatable bonds is 5. The Morgan fingerprint density at radius 2 is 2.08 bits per heavy atom. The van der Waals surface area contributed by atoms with E-state index in [1.165, 1.54) is 0 Å². The van der Waals surface area contributed by atoms with Crippen LogP contribution in [0.15, 0.2) is 36.8 Å². The molecule has 0 fully saturated rings. The summed E-state index contributed by atoms with van der Waals surface area (Å²) in [5.41, 5.74) is 2.88. The van der Waals surface area contributed by atoms with E-state index in [9.17, 15) is 0 Å². The Kier molecular flexibility index (Phi) is 4.80. The lowest BCUT2D eigenvalue weighted by Crippen LogP contribution is -1.95. The highest BCUT2D eigenvalue weighted by Gasteiger charge is 2.15. The van der Waals surface area contributed by atoms with Crippen LogP contribution in [0.4, 0.5) is 0 Å². The van der Waals surface area contributed by atoms with Crippen molar-refractivity contribution >= 4 is 45.6 Å². The molecular formula is C18H14Cl2N4OS. The molecule has 0 spiro atoms. The third kappa shape index (κ3) is 3.40. The predicted octanol–water partition coefficient (Wildman–Crippen LogP) is 4.91. The van der Waals surface area contributed by atoms with E-state index < -0.39 is 0 Å². The number of pyridine rings is 2. The lowest BCUT2D eigenvalue weighted by Gasteiger charge is -2.04. The molecule has 1 N–H and O–H groups in total. The molecule has 0 bridgehead atoms. The van der Waals surface area contributed by atoms with Crippen molar-refractivity contribution in [1.82, 2.24) is 19.9 Å². The molecule has 0 atom stereocenters. The quantitative estimate of drug-likeness (QED) is 0.512. The molecule has 0 saturated carbocycles. The summed E-state index contributed by atoms with van der Waals surface area (Å²) >= 11 is 14.1. The van der Waals surface area contributed by atoms with Gasteiger partial charge < -0.3 is 9.72 Å². The third-order valence-electron chi connectivity index (χ3n) is 4.01. The molecule has 0 radical (unpaired) electrons. The van der Waals surface area contributed by atoms with Crippen LogP contribution in [0.2, 0.25) is 10.2 Å². The fraction of sp³-hybridized carbons (Fsp3) is 0.167. The van der Waals surface area contributed by atoms with Gasteiger partial charge in [0.2, 0.25) is 5.88 Å². The van der Waals surface area contributed by atoms with Crippen molar-refractivity contribution in [2.75, 3.05) is 7.11 Å². The lowest BCUT2D eigenvalue weighted by molar-refractivity contribution is 0.393. The molecule has 132 valence electrons. The largest absolute Gasteiger partial charge is 0.481 e. The minimum atomic E-state index is 0.525. The standard InChI is InChI=1S/C18H14Cl2N4OS/c1-25-18-10(3-2-4-21-18)6-15-24-16(20)14(26-15)5-11-8-22-17-13(11)7-12(19)9-23-17/h2-4,7-9H,5-6H2,1H3,(H,22,23). The maximum atomic E-state index is 6.38. The van der Waals surface area contributed by atoms with Gasteiger partial charge >= 0.3 is 0 Å². The van der Waals surface area contributed by atoms with E-state index in [4.69, 9.17) is 27.9 Å². The first-order valence-corrected chi connectivity index (χ1v) is 9.44. The fourth-order valence-electron chi connectivity index (χ4n) is 2.82. The Hall–Kier alpha value is -2.15. The first kappa shape index (κ1) is 17.3. The second-order valence-electron chi connectivity index (χ2n) is 5.71. The summed E-state index contributed by atoms with van der Waals surface area (Å²) < 4.78 is 5.31. The van der Waals surface area contributed by atoms with Crippen molar-refractivity contribution in [3.63, 3.8) is 0 Å². The second-order valence-corrected chi connectivity index (χ2v) is 7.67. The van der Waals surface area contributed by atoms with Crippen LogP contribution in [-0.4, -0.2) is 27.0 Å². The van der Waals surface area contributed by atoms with Crippen LogP contribution < -0.4 is 4.74 Å². The number of nitrogens with one attached hydrogen (secondary N) is 1. The number of nitrogens with zero attached hydrogens (tertiary/aromatic N) is 3. The van der Waals surface area contributed by atoms with E-state index in [-0.39, 0.29) is 0 Å². The van der Waals surface area contributed by atoms with Crippen molar-refractivity contribution in [2.45, 2.75) is 12.8 Å². The number of halogens is 2. The number of aromatic amines is 1. The first-order valence-electron chi connectivity index (χ1n) is 7.87. The number of H-pyrrole nitrogens is 1. The molecule has 0 aliphatic heterocycles. The van der Waals surface area contributed by atoms with Crippen LogP contribution in [0.25, 0.3) is 11.0 Å². The number of ether oxygens (including phenoxy) is 1. The van der Waals surface area contributed by atoms with E-state index >= 15 is 0 Å². The first-order chi connectivity index (χ1) is 12.6. The number of hydrogen-bond donors (Lipinski definition) is 1. The van der Waals surface area contributed by atoms with Gasteiger partial charge in [-0.25, -0.2) is 15.0 Å². The number of thiazole rings is 1. The Labute approximate surface area is 164 Å². The van der Waals surface area contributed by atoms with Gasteiger partial charge in [0.1, 0.15) is 10.8 Å². The minimum Gasteiger partial charge on any atom is -0.481 e. The van der Waals surface area contributed by atoms with Crippen molar-refractivity contribution in [3.8, 4) is 5.88 Å². The Morgan fingerprint density at radius 3 is 2.92 bits per heavy atom. The Bertz CT molecular complexity index is 1080. The van der Waals surface area contributed by atoms with Gasteiger partial charge in [-0.3, -0.25) is 0 Å². The maximum Gasteiger partial charge on any atom is 0.216 e. The van der Waals surface area contributed by atoms with Crippen molar-refractivity contribution in [1.29, 1.82) is 0 Å². The minimum absolute atomic E-state index is 0.525. The van der Waals surface area contributed by atoms with Gasteiger partial charge in [-0.15, -0.1) is 11.3 Å². The molecule has 4 aromatic rings. The van der Waals surface area contributed by atoms with Crippen LogP contribution in [0.5, 0.6) is 5.88 Å². The van der Waals surface area contributed by atoms with Crippen LogP contribution >= 0.6 is 34.5 Å². The second kappa shape index (κ2) is 7.23. The van der Waals surface area contributed by atoms with Crippen LogP contribution in [0.3, 0.4) is 0 Å². The number of hydrogen-bond acceptors (Lipinski definition) is 5. The van der Waals surface area contributed by atoms with Gasteiger partial charge in [-0.1, -0.05) is 29.3 Å². The molecule has 0 saturated heterocycles. The molecule has 0 aromatic carbocycles. The van der Waals surface area contributed by atoms with E-state index in [2.05, 4.69) is 19.9 Å². The fourth-order valence-corrected chi connectivity index (χ4v) is 4.32. The normalized spacial score (nSPS) is 11.2. The average Bonchev–Trinajstić information content (AvgIpc) is 3.19. The average molecular weight is 405 g/mol. The molecule has 0 unspecified atom stereocenters. The SMILES string of the molecule is COc1ncccc1Cc1nc(Cl)c(Cc2c[nH]c3ncc(Cl)cc23)s1. The van der Waals surface area contributed by atoms with E-state index in [0.29, 0.717) is 28.9 Å². The summed E-state index contributed by atoms with van der Waals surface area (Å²) in [7, 11) is 1.61. The third-order valence-corrected chi connectivity index (χ3v) is 5.70. The van der Waals surface area contributed by atoms with E-state index in [0.717, 1.165) is 32.0 Å². The Morgan fingerprint density at radius 1 is 1.19 bits per heavy atom. The number of aromatic nitrogens is 4. The topological polar surface area (TPSA) is 63.7 Å². The summed E-state index contributed by atoms with van der Waals surface area (Å²) in [6, 6.07) is 5.77. The van der Waals surface area contributed by atoms with Gasteiger partial charge in [0, 0.05) is 47.3 Å². The zero-order valence-electron chi connectivity index (χ0n) is 13.8. The zero-order chi connectivity index (χ0) is 18.1. The van der Waals surface area contributed by atoms with Gasteiger partial charge in [-0.2, -0.15) is 0 Å². The van der Waals surface area contributed by atoms with Crippen LogP contribution in [0, 0.1) is 0 Å². The Balaban J connectivity index is 1.61. The van der Waals surface area contributed by atoms with Crippen LogP contribution in [-0.2, 0) is 12.8 Å². The zero-order valence-corrected chi connectivity index (χ0v) is 16.1. The van der Waals surface area contributed by atoms with E-state index in [1.54, 1.807) is 30.8 Å². The molecule has 0 aliphatic rings. The van der Waals surface area contributed by atoms with Crippen molar-refractivity contribution in [3.05, 3.63) is 68.0 Å². The smallest absolute Gasteiger partial charge is 0.216 e. The van der Waals surface area contributed by atoms with Gasteiger partial charge in [0.25, 0.3) is 0 Å². The number of methoxy groups -OCH3 is 1. The summed E-state index contributed by atoms with van der Waals surface area (Å²) in [4.78, 5) is 17.2. The monoisotopic (exact) mass is 404 g/mol. The van der Waals surface area contributed by atoms with E-state index in [1.807, 2.05) is 24.4 Å². The molecule has 0 aliphatic carbocycles. The van der Waals surface area contributed by atoms with Crippen molar-refractivity contribution in [2.24, 2.45) is 0 Å². The maximum absolute atomic E-state index is 6.38. The molecule has 26 heavy (non-hydrogen) atoms. The number of fused-ring (bicyclic) bond motifs is 1. The lowest BCUT2D eigenvalue weighted by atomic mass is 10.1. The summed E-state index contributed by atoms with van der Waals surface area (Å²) in [6.07, 6.45) is 6.57. The summed E-state index contributed by atoms with van der Waals surface area (Å²) in [5, 5.41) is 3.06. The van der Waals surface area contributed by atoms with Crippen LogP contribution in [0.1, 0.15) is 21.0 Å². The molecule has 4 heterocycles. The molecule has 4 aromatic heterocycles. The molecular weight excluding hydrogens is 391 g/mol. The predicted molar refractivity (Wildman–Crippen MR) is 105 cm³/mol. The molecule has 8 heteroatoms. The highest BCUT2D eigenvalue weighted by atomic mass is 35.5. The van der Waals surface area contributed by atoms with Gasteiger partial charge in [-0.05, 0) is 17.7 Å². The highest BCUT2D eigenvalue weighted by molar-refractivity contribution is 7.12. The van der Waals surface area contributed by atoms with Gasteiger partial charge in [0.15, 0.2) is 0 Å². The summed E-state index contributed by atoms with van der Waals surface area (Å²) in [5.74, 6) is 0.609. The summed E-state index contributed by atoms with van der Waals surface area (Å²) in [6.45, 7) is 0. The molecule has 4 rings (SSSR count). The highest BCUT2D eigenvalue weighted by Crippen LogP contribution is 2.31. The molecule has 0 amide bonds. The molecule has 5 nitrogen and oxygen atoms in total. The van der Waals surface area contributed by atoms with Gasteiger partial charge in [0.05, 0.1) is 17.1 Å². The van der Waals surface area contributed by atoms with Crippen molar-refractivity contribution < 1.29 is 4.74 Å².